The molecule has 0 aromatic heterocycles. The fraction of sp³-hybridized carbons (Fsp3) is 0.586. The Labute approximate surface area is 197 Å². The van der Waals surface area contributed by atoms with Crippen LogP contribution in [-0.2, 0) is 6.42 Å². The van der Waals surface area contributed by atoms with E-state index in [0.29, 0.717) is 11.8 Å². The molecule has 2 fully saturated rings. The second-order valence-electron chi connectivity index (χ2n) is 10.5. The van der Waals surface area contributed by atoms with Crippen molar-refractivity contribution in [3.63, 3.8) is 0 Å². The molecule has 0 bridgehead atoms. The minimum absolute atomic E-state index is 0.390. The van der Waals surface area contributed by atoms with E-state index in [1.807, 2.05) is 0 Å². The van der Waals surface area contributed by atoms with Crippen molar-refractivity contribution in [2.75, 3.05) is 0 Å². The molecule has 4 rings (SSSR count). The lowest BCUT2D eigenvalue weighted by Crippen LogP contribution is -2.26. The van der Waals surface area contributed by atoms with E-state index < -0.39 is 16.7 Å². The summed E-state index contributed by atoms with van der Waals surface area (Å²) in [6.07, 6.45) is 13.9. The topological polar surface area (TPSA) is 0 Å². The van der Waals surface area contributed by atoms with Crippen LogP contribution in [0.4, 0.5) is 8.78 Å². The summed E-state index contributed by atoms with van der Waals surface area (Å²) in [6.45, 7) is 2.38. The maximum atomic E-state index is 13.7. The molecule has 2 saturated carbocycles. The Kier molecular flexibility index (Phi) is 8.27. The smallest absolute Gasteiger partial charge is 0.145 e. The van der Waals surface area contributed by atoms with Crippen LogP contribution >= 0.6 is 11.6 Å². The molecule has 174 valence electrons. The van der Waals surface area contributed by atoms with Crippen LogP contribution in [0.1, 0.15) is 88.2 Å². The summed E-state index contributed by atoms with van der Waals surface area (Å²) >= 11 is 5.60. The molecular formula is C29H37ClF2. The molecule has 0 nitrogen and oxygen atoms in total. The highest BCUT2D eigenvalue weighted by molar-refractivity contribution is 6.30. The lowest BCUT2D eigenvalue weighted by atomic mass is 9.67. The predicted octanol–water partition coefficient (Wildman–Crippen LogP) is 9.36. The molecule has 3 heteroatoms. The van der Waals surface area contributed by atoms with E-state index in [1.165, 1.54) is 75.5 Å². The zero-order chi connectivity index (χ0) is 22.5. The first-order valence-electron chi connectivity index (χ1n) is 12.7. The lowest BCUT2D eigenvalue weighted by molar-refractivity contribution is 0.139. The SMILES string of the molecule is C[C@H](CC1CCC(C2CCC(CCc3cc(F)c(Cl)c(F)c3)CC2)CC1)c1ccccc1. The van der Waals surface area contributed by atoms with Gasteiger partial charge in [0, 0.05) is 0 Å². The van der Waals surface area contributed by atoms with Crippen LogP contribution in [0.2, 0.25) is 5.02 Å². The average molecular weight is 459 g/mol. The number of aryl methyl sites for hydroxylation is 1. The van der Waals surface area contributed by atoms with Gasteiger partial charge < -0.3 is 0 Å². The summed E-state index contributed by atoms with van der Waals surface area (Å²) in [7, 11) is 0. The van der Waals surface area contributed by atoms with Crippen molar-refractivity contribution in [2.24, 2.45) is 23.7 Å². The van der Waals surface area contributed by atoms with E-state index in [0.717, 1.165) is 36.2 Å². The maximum Gasteiger partial charge on any atom is 0.145 e. The van der Waals surface area contributed by atoms with Crippen molar-refractivity contribution in [3.8, 4) is 0 Å². The van der Waals surface area contributed by atoms with E-state index in [9.17, 15) is 8.78 Å². The number of rotatable bonds is 7. The van der Waals surface area contributed by atoms with E-state index >= 15 is 0 Å². The second kappa shape index (κ2) is 11.1. The predicted molar refractivity (Wildman–Crippen MR) is 130 cm³/mol. The Morgan fingerprint density at radius 1 is 0.812 bits per heavy atom. The van der Waals surface area contributed by atoms with Crippen LogP contribution in [0.5, 0.6) is 0 Å². The molecule has 0 radical (unpaired) electrons. The summed E-state index contributed by atoms with van der Waals surface area (Å²) < 4.78 is 27.3. The minimum atomic E-state index is -0.640. The molecule has 1 atom stereocenters. The van der Waals surface area contributed by atoms with Gasteiger partial charge in [-0.1, -0.05) is 74.5 Å². The fourth-order valence-electron chi connectivity index (χ4n) is 6.38. The van der Waals surface area contributed by atoms with Crippen molar-refractivity contribution in [3.05, 3.63) is 70.2 Å². The highest BCUT2D eigenvalue weighted by Gasteiger charge is 2.31. The van der Waals surface area contributed by atoms with Crippen LogP contribution in [0.3, 0.4) is 0 Å². The monoisotopic (exact) mass is 458 g/mol. The van der Waals surface area contributed by atoms with Crippen LogP contribution in [0.15, 0.2) is 42.5 Å². The summed E-state index contributed by atoms with van der Waals surface area (Å²) in [5.74, 6) is 2.77. The molecule has 32 heavy (non-hydrogen) atoms. The van der Waals surface area contributed by atoms with Gasteiger partial charge in [0.1, 0.15) is 16.7 Å². The van der Waals surface area contributed by atoms with Gasteiger partial charge in [-0.3, -0.25) is 0 Å². The van der Waals surface area contributed by atoms with Crippen LogP contribution in [-0.4, -0.2) is 0 Å². The molecule has 0 unspecified atom stereocenters. The van der Waals surface area contributed by atoms with Gasteiger partial charge in [0.2, 0.25) is 0 Å². The first-order chi connectivity index (χ1) is 15.5. The lowest BCUT2D eigenvalue weighted by Gasteiger charge is -2.38. The normalized spacial score (nSPS) is 27.2. The molecule has 0 spiro atoms. The number of benzene rings is 2. The standard InChI is InChI=1S/C29H37ClF2/c1-20(24-5-3-2-4-6-24)17-22-11-15-26(16-12-22)25-13-9-21(10-14-25)7-8-23-18-27(31)29(30)28(32)19-23/h2-6,18-22,25-26H,7-17H2,1H3/t20-,21?,22?,25?,26?/m1/s1. The highest BCUT2D eigenvalue weighted by Crippen LogP contribution is 2.44. The second-order valence-corrected chi connectivity index (χ2v) is 10.9. The molecule has 2 aliphatic rings. The first-order valence-corrected chi connectivity index (χ1v) is 13.1. The van der Waals surface area contributed by atoms with E-state index in [1.54, 1.807) is 0 Å². The van der Waals surface area contributed by atoms with Crippen LogP contribution in [0.25, 0.3) is 0 Å². The Balaban J connectivity index is 1.17. The first kappa shape index (κ1) is 23.7. The molecule has 0 heterocycles. The Morgan fingerprint density at radius 2 is 1.34 bits per heavy atom. The van der Waals surface area contributed by atoms with Crippen LogP contribution < -0.4 is 0 Å². The van der Waals surface area contributed by atoms with Crippen LogP contribution in [0, 0.1) is 35.3 Å². The molecule has 2 aromatic rings. The van der Waals surface area contributed by atoms with Crippen molar-refractivity contribution in [2.45, 2.75) is 83.5 Å². The van der Waals surface area contributed by atoms with E-state index in [-0.39, 0.29) is 0 Å². The average Bonchev–Trinajstić information content (AvgIpc) is 2.82. The van der Waals surface area contributed by atoms with Gasteiger partial charge in [-0.05, 0) is 97.8 Å². The number of hydrogen-bond acceptors (Lipinski definition) is 0. The van der Waals surface area contributed by atoms with Crippen molar-refractivity contribution < 1.29 is 8.78 Å². The van der Waals surface area contributed by atoms with Crippen molar-refractivity contribution in [1.82, 2.24) is 0 Å². The third-order valence-electron chi connectivity index (χ3n) is 8.39. The van der Waals surface area contributed by atoms with Gasteiger partial charge in [0.25, 0.3) is 0 Å². The molecule has 0 N–H and O–H groups in total. The molecule has 2 aromatic carbocycles. The number of hydrogen-bond donors (Lipinski definition) is 0. The van der Waals surface area contributed by atoms with Gasteiger partial charge in [-0.15, -0.1) is 0 Å². The van der Waals surface area contributed by atoms with Gasteiger partial charge in [-0.25, -0.2) is 8.78 Å². The fourth-order valence-corrected chi connectivity index (χ4v) is 6.49. The Hall–Kier alpha value is -1.41. The Morgan fingerprint density at radius 3 is 1.91 bits per heavy atom. The third kappa shape index (κ3) is 6.13. The minimum Gasteiger partial charge on any atom is -0.205 e. The summed E-state index contributed by atoms with van der Waals surface area (Å²) in [4.78, 5) is 0. The van der Waals surface area contributed by atoms with E-state index in [2.05, 4.69) is 37.3 Å². The molecule has 0 aliphatic heterocycles. The Bertz CT molecular complexity index is 826. The van der Waals surface area contributed by atoms with E-state index in [4.69, 9.17) is 11.6 Å². The highest BCUT2D eigenvalue weighted by atomic mass is 35.5. The zero-order valence-electron chi connectivity index (χ0n) is 19.3. The molecular weight excluding hydrogens is 422 g/mol. The summed E-state index contributed by atoms with van der Waals surface area (Å²) in [6, 6.07) is 13.8. The summed E-state index contributed by atoms with van der Waals surface area (Å²) in [5.41, 5.74) is 2.21. The van der Waals surface area contributed by atoms with Crippen molar-refractivity contribution in [1.29, 1.82) is 0 Å². The van der Waals surface area contributed by atoms with Crippen molar-refractivity contribution >= 4 is 11.6 Å². The largest absolute Gasteiger partial charge is 0.205 e. The molecule has 2 aliphatic carbocycles. The quantitative estimate of drug-likeness (QED) is 0.362. The molecule has 0 amide bonds. The van der Waals surface area contributed by atoms with Gasteiger partial charge in [0.05, 0.1) is 0 Å². The zero-order valence-corrected chi connectivity index (χ0v) is 20.1. The van der Waals surface area contributed by atoms with Gasteiger partial charge >= 0.3 is 0 Å². The number of halogens is 3. The maximum absolute atomic E-state index is 13.7. The van der Waals surface area contributed by atoms with Gasteiger partial charge in [0.15, 0.2) is 0 Å². The third-order valence-corrected chi connectivity index (χ3v) is 8.75. The van der Waals surface area contributed by atoms with Gasteiger partial charge in [-0.2, -0.15) is 0 Å². The summed E-state index contributed by atoms with van der Waals surface area (Å²) in [5, 5.41) is -0.390. The molecule has 0 saturated heterocycles.